The van der Waals surface area contributed by atoms with Crippen LogP contribution in [0.4, 0.5) is 5.69 Å². The second kappa shape index (κ2) is 8.39. The highest BCUT2D eigenvalue weighted by Crippen LogP contribution is 2.21. The van der Waals surface area contributed by atoms with E-state index >= 15 is 0 Å². The zero-order chi connectivity index (χ0) is 17.5. The normalized spacial score (nSPS) is 12.0. The first-order valence-electron chi connectivity index (χ1n) is 8.41. The number of hydrogen-bond donors (Lipinski definition) is 1. The highest BCUT2D eigenvalue weighted by atomic mass is 16.2. The Morgan fingerprint density at radius 1 is 1.08 bits per heavy atom. The minimum atomic E-state index is -0.303. The van der Waals surface area contributed by atoms with Crippen LogP contribution in [-0.2, 0) is 4.79 Å². The van der Waals surface area contributed by atoms with Crippen LogP contribution >= 0.6 is 0 Å². The molecule has 2 aromatic rings. The summed E-state index contributed by atoms with van der Waals surface area (Å²) >= 11 is 0. The molecule has 0 aliphatic heterocycles. The quantitative estimate of drug-likeness (QED) is 0.766. The number of pyridine rings is 1. The number of carbonyl (C=O) groups is 2. The third-order valence-electron chi connectivity index (χ3n) is 4.37. The summed E-state index contributed by atoms with van der Waals surface area (Å²) in [5, 5.41) is 2.85. The van der Waals surface area contributed by atoms with Crippen molar-refractivity contribution in [1.29, 1.82) is 0 Å². The summed E-state index contributed by atoms with van der Waals surface area (Å²) in [7, 11) is 0. The number of nitrogens with one attached hydrogen (secondary N) is 1. The first kappa shape index (κ1) is 17.9. The third kappa shape index (κ3) is 4.28. The molecule has 126 valence electrons. The Morgan fingerprint density at radius 2 is 1.75 bits per heavy atom. The average molecular weight is 324 g/mol. The summed E-state index contributed by atoms with van der Waals surface area (Å²) in [4.78, 5) is 28.7. The molecule has 0 fully saturated rings. The molecule has 1 aromatic heterocycles. The van der Waals surface area contributed by atoms with E-state index in [0.717, 1.165) is 18.4 Å². The lowest BCUT2D eigenvalue weighted by atomic mass is 9.91. The highest BCUT2D eigenvalue weighted by Gasteiger charge is 2.18. The maximum atomic E-state index is 12.4. The number of anilines is 1. The van der Waals surface area contributed by atoms with Gasteiger partial charge in [-0.05, 0) is 37.5 Å². The first-order valence-corrected chi connectivity index (χ1v) is 8.41. The van der Waals surface area contributed by atoms with Gasteiger partial charge in [0.2, 0.25) is 5.91 Å². The van der Waals surface area contributed by atoms with Crippen molar-refractivity contribution in [2.45, 2.75) is 39.5 Å². The van der Waals surface area contributed by atoms with Crippen LogP contribution in [0, 0.1) is 5.92 Å². The molecule has 1 aromatic carbocycles. The van der Waals surface area contributed by atoms with Crippen LogP contribution in [0.2, 0.25) is 0 Å². The fraction of sp³-hybridized carbons (Fsp3) is 0.350. The van der Waals surface area contributed by atoms with Crippen molar-refractivity contribution in [3.05, 3.63) is 59.9 Å². The van der Waals surface area contributed by atoms with E-state index in [0.29, 0.717) is 11.3 Å². The van der Waals surface area contributed by atoms with Gasteiger partial charge >= 0.3 is 0 Å². The molecule has 0 aliphatic carbocycles. The molecule has 0 bridgehead atoms. The lowest BCUT2D eigenvalue weighted by Crippen LogP contribution is -2.19. The number of rotatable bonds is 7. The van der Waals surface area contributed by atoms with E-state index in [4.69, 9.17) is 0 Å². The average Bonchev–Trinajstić information content (AvgIpc) is 2.63. The SMILES string of the molecule is CCC(CC)C(=O)c1ccc([C@@H](C)C(=O)Nc2cccnc2)cc1. The second-order valence-corrected chi connectivity index (χ2v) is 5.95. The molecule has 24 heavy (non-hydrogen) atoms. The fourth-order valence-electron chi connectivity index (χ4n) is 2.67. The Kier molecular flexibility index (Phi) is 6.24. The molecule has 0 unspecified atom stereocenters. The van der Waals surface area contributed by atoms with Gasteiger partial charge in [-0.25, -0.2) is 0 Å². The smallest absolute Gasteiger partial charge is 0.231 e. The van der Waals surface area contributed by atoms with E-state index in [1.165, 1.54) is 0 Å². The second-order valence-electron chi connectivity index (χ2n) is 5.95. The van der Waals surface area contributed by atoms with Crippen LogP contribution in [0.5, 0.6) is 0 Å². The summed E-state index contributed by atoms with van der Waals surface area (Å²) in [5.41, 5.74) is 2.28. The van der Waals surface area contributed by atoms with Crippen molar-refractivity contribution in [2.24, 2.45) is 5.92 Å². The minimum absolute atomic E-state index is 0.0714. The van der Waals surface area contributed by atoms with Gasteiger partial charge in [-0.15, -0.1) is 0 Å². The maximum absolute atomic E-state index is 12.4. The van der Waals surface area contributed by atoms with Crippen molar-refractivity contribution >= 4 is 17.4 Å². The van der Waals surface area contributed by atoms with Gasteiger partial charge in [0.15, 0.2) is 5.78 Å². The molecule has 4 nitrogen and oxygen atoms in total. The molecule has 0 spiro atoms. The zero-order valence-corrected chi connectivity index (χ0v) is 14.5. The zero-order valence-electron chi connectivity index (χ0n) is 14.5. The first-order chi connectivity index (χ1) is 11.6. The van der Waals surface area contributed by atoms with Crippen LogP contribution in [-0.4, -0.2) is 16.7 Å². The van der Waals surface area contributed by atoms with Gasteiger partial charge < -0.3 is 5.32 Å². The Labute approximate surface area is 143 Å². The largest absolute Gasteiger partial charge is 0.324 e. The topological polar surface area (TPSA) is 59.1 Å². The Bertz CT molecular complexity index is 677. The van der Waals surface area contributed by atoms with E-state index < -0.39 is 0 Å². The number of amides is 1. The van der Waals surface area contributed by atoms with E-state index in [2.05, 4.69) is 10.3 Å². The fourth-order valence-corrected chi connectivity index (χ4v) is 2.67. The Balaban J connectivity index is 2.06. The van der Waals surface area contributed by atoms with Crippen molar-refractivity contribution in [1.82, 2.24) is 4.98 Å². The Hall–Kier alpha value is -2.49. The lowest BCUT2D eigenvalue weighted by molar-refractivity contribution is -0.117. The number of ketones is 1. The van der Waals surface area contributed by atoms with Crippen LogP contribution in [0.15, 0.2) is 48.8 Å². The molecule has 0 aliphatic rings. The van der Waals surface area contributed by atoms with E-state index in [-0.39, 0.29) is 23.5 Å². The van der Waals surface area contributed by atoms with Gasteiger partial charge in [-0.1, -0.05) is 38.1 Å². The molecule has 1 N–H and O–H groups in total. The number of aromatic nitrogens is 1. The van der Waals surface area contributed by atoms with E-state index in [1.807, 2.05) is 45.0 Å². The van der Waals surface area contributed by atoms with Gasteiger partial charge in [0.25, 0.3) is 0 Å². The molecule has 0 radical (unpaired) electrons. The van der Waals surface area contributed by atoms with Crippen molar-refractivity contribution in [3.8, 4) is 0 Å². The molecule has 1 atom stereocenters. The van der Waals surface area contributed by atoms with Crippen molar-refractivity contribution < 1.29 is 9.59 Å². The predicted molar refractivity (Wildman–Crippen MR) is 96.1 cm³/mol. The lowest BCUT2D eigenvalue weighted by Gasteiger charge is -2.14. The summed E-state index contributed by atoms with van der Waals surface area (Å²) in [6, 6.07) is 11.0. The van der Waals surface area contributed by atoms with Crippen LogP contribution in [0.25, 0.3) is 0 Å². The summed E-state index contributed by atoms with van der Waals surface area (Å²) < 4.78 is 0. The van der Waals surface area contributed by atoms with Gasteiger partial charge in [-0.2, -0.15) is 0 Å². The summed E-state index contributed by atoms with van der Waals surface area (Å²) in [6.45, 7) is 5.92. The maximum Gasteiger partial charge on any atom is 0.231 e. The van der Waals surface area contributed by atoms with Gasteiger partial charge in [0.05, 0.1) is 17.8 Å². The number of carbonyl (C=O) groups excluding carboxylic acids is 2. The molecule has 0 saturated heterocycles. The predicted octanol–water partition coefficient (Wildman–Crippen LogP) is 4.44. The molecule has 1 amide bonds. The molecule has 0 saturated carbocycles. The molecule has 2 rings (SSSR count). The molecular formula is C20H24N2O2. The summed E-state index contributed by atoms with van der Waals surface area (Å²) in [6.07, 6.45) is 4.97. The molecular weight excluding hydrogens is 300 g/mol. The van der Waals surface area contributed by atoms with Crippen molar-refractivity contribution in [3.63, 3.8) is 0 Å². The van der Waals surface area contributed by atoms with Gasteiger partial charge in [-0.3, -0.25) is 14.6 Å². The van der Waals surface area contributed by atoms with Crippen LogP contribution in [0.1, 0.15) is 55.5 Å². The number of hydrogen-bond acceptors (Lipinski definition) is 3. The molecule has 4 heteroatoms. The monoisotopic (exact) mass is 324 g/mol. The van der Waals surface area contributed by atoms with Crippen LogP contribution < -0.4 is 5.32 Å². The molecule has 1 heterocycles. The Morgan fingerprint density at radius 3 is 2.29 bits per heavy atom. The van der Waals surface area contributed by atoms with Gasteiger partial charge in [0, 0.05) is 17.7 Å². The standard InChI is InChI=1S/C20H24N2O2/c1-4-15(5-2)19(23)17-10-8-16(9-11-17)14(3)20(24)22-18-7-6-12-21-13-18/h6-15H,4-5H2,1-3H3,(H,22,24)/t14-/m1/s1. The number of benzene rings is 1. The number of Topliss-reactive ketones (excluding diaryl/α,β-unsaturated/α-hetero) is 1. The third-order valence-corrected chi connectivity index (χ3v) is 4.37. The van der Waals surface area contributed by atoms with Crippen LogP contribution in [0.3, 0.4) is 0 Å². The highest BCUT2D eigenvalue weighted by molar-refractivity contribution is 5.98. The number of nitrogens with zero attached hydrogens (tertiary/aromatic N) is 1. The van der Waals surface area contributed by atoms with E-state index in [1.54, 1.807) is 24.5 Å². The van der Waals surface area contributed by atoms with Gasteiger partial charge in [0.1, 0.15) is 0 Å². The van der Waals surface area contributed by atoms with Crippen molar-refractivity contribution in [2.75, 3.05) is 5.32 Å². The summed E-state index contributed by atoms with van der Waals surface area (Å²) in [5.74, 6) is -0.147. The minimum Gasteiger partial charge on any atom is -0.324 e. The van der Waals surface area contributed by atoms with E-state index in [9.17, 15) is 9.59 Å².